The Bertz CT molecular complexity index is 1380. The fourth-order valence-corrected chi connectivity index (χ4v) is 3.47. The van der Waals surface area contributed by atoms with Crippen molar-refractivity contribution >= 4 is 16.9 Å². The van der Waals surface area contributed by atoms with Gasteiger partial charge in [0.1, 0.15) is 29.3 Å². The molecule has 0 spiro atoms. The van der Waals surface area contributed by atoms with Gasteiger partial charge in [0.15, 0.2) is 41.2 Å². The Balaban J connectivity index is 1.76. The third-order valence-corrected chi connectivity index (χ3v) is 5.33. The number of phenolic OH excluding ortho intramolecular Hbond substituents is 4. The minimum atomic E-state index is -2.08. The molecule has 5 atom stereocenters. The quantitative estimate of drug-likeness (QED) is 0.117. The average Bonchev–Trinajstić information content (AvgIpc) is 2.81. The maximum atomic E-state index is 12.8. The highest BCUT2D eigenvalue weighted by atomic mass is 16.7. The number of hydrogen-bond acceptors (Lipinski definition) is 14. The average molecular weight is 494 g/mol. The molecule has 5 unspecified atom stereocenters. The normalized spacial score (nSPS) is 24.4. The van der Waals surface area contributed by atoms with Crippen molar-refractivity contribution < 1.29 is 64.6 Å². The van der Waals surface area contributed by atoms with Crippen LogP contribution in [0, 0.1) is 0 Å². The molecule has 0 amide bonds. The number of esters is 1. The zero-order chi connectivity index (χ0) is 25.8. The first kappa shape index (κ1) is 24.1. The van der Waals surface area contributed by atoms with Crippen LogP contribution in [0.25, 0.3) is 22.3 Å². The summed E-state index contributed by atoms with van der Waals surface area (Å²) in [5, 5.41) is 88.2. The second-order valence-electron chi connectivity index (χ2n) is 7.60. The number of benzene rings is 2. The lowest BCUT2D eigenvalue weighted by Crippen LogP contribution is -2.60. The van der Waals surface area contributed by atoms with E-state index in [0.717, 1.165) is 18.2 Å². The van der Waals surface area contributed by atoms with Crippen LogP contribution in [0.5, 0.6) is 34.5 Å². The third kappa shape index (κ3) is 3.94. The largest absolute Gasteiger partial charge is 0.504 e. The van der Waals surface area contributed by atoms with E-state index in [0.29, 0.717) is 0 Å². The van der Waals surface area contributed by atoms with Crippen molar-refractivity contribution in [2.75, 3.05) is 0 Å². The van der Waals surface area contributed by atoms with Crippen molar-refractivity contribution in [1.29, 1.82) is 0 Å². The molecule has 0 aliphatic carbocycles. The Labute approximate surface area is 193 Å². The molecule has 9 N–H and O–H groups in total. The summed E-state index contributed by atoms with van der Waals surface area (Å²) < 4.78 is 14.9. The van der Waals surface area contributed by atoms with Crippen LogP contribution in [0.2, 0.25) is 0 Å². The lowest BCUT2D eigenvalue weighted by atomic mass is 9.99. The van der Waals surface area contributed by atoms with Gasteiger partial charge >= 0.3 is 5.97 Å². The molecule has 186 valence electrons. The zero-order valence-corrected chi connectivity index (χ0v) is 17.3. The highest BCUT2D eigenvalue weighted by Gasteiger charge is 2.47. The molecule has 2 heterocycles. The minimum Gasteiger partial charge on any atom is -0.504 e. The second-order valence-corrected chi connectivity index (χ2v) is 7.60. The van der Waals surface area contributed by atoms with E-state index in [-0.39, 0.29) is 5.56 Å². The number of hydrogen-bond donors (Lipinski definition) is 9. The van der Waals surface area contributed by atoms with E-state index in [9.17, 15) is 55.5 Å². The van der Waals surface area contributed by atoms with Crippen LogP contribution >= 0.6 is 0 Å². The number of rotatable bonds is 3. The third-order valence-electron chi connectivity index (χ3n) is 5.33. The number of ether oxygens (including phenoxy) is 2. The minimum absolute atomic E-state index is 0.0472. The van der Waals surface area contributed by atoms with Crippen LogP contribution in [-0.4, -0.2) is 82.6 Å². The molecule has 1 saturated heterocycles. The monoisotopic (exact) mass is 494 g/mol. The summed E-state index contributed by atoms with van der Waals surface area (Å²) in [6, 6.07) is 3.99. The molecule has 14 nitrogen and oxygen atoms in total. The molecule has 1 aliphatic rings. The van der Waals surface area contributed by atoms with Gasteiger partial charge < -0.3 is 59.8 Å². The highest BCUT2D eigenvalue weighted by Crippen LogP contribution is 2.44. The topological polar surface area (TPSA) is 248 Å². The van der Waals surface area contributed by atoms with Gasteiger partial charge in [0.05, 0.1) is 0 Å². The molecule has 1 fully saturated rings. The Kier molecular flexibility index (Phi) is 5.92. The maximum Gasteiger partial charge on any atom is 0.343 e. The van der Waals surface area contributed by atoms with Gasteiger partial charge in [-0.2, -0.15) is 0 Å². The van der Waals surface area contributed by atoms with Crippen molar-refractivity contribution in [3.8, 4) is 45.8 Å². The molecule has 35 heavy (non-hydrogen) atoms. The number of carbonyl (C=O) groups is 1. The first-order valence-electron chi connectivity index (χ1n) is 9.78. The Morgan fingerprint density at radius 1 is 0.829 bits per heavy atom. The lowest BCUT2D eigenvalue weighted by molar-refractivity contribution is -0.279. The van der Waals surface area contributed by atoms with Gasteiger partial charge in [0.2, 0.25) is 16.9 Å². The van der Waals surface area contributed by atoms with Gasteiger partial charge in [-0.3, -0.25) is 4.79 Å². The van der Waals surface area contributed by atoms with E-state index in [1.165, 1.54) is 6.07 Å². The second kappa shape index (κ2) is 8.61. The first-order chi connectivity index (χ1) is 16.4. The van der Waals surface area contributed by atoms with Crippen molar-refractivity contribution in [3.63, 3.8) is 0 Å². The summed E-state index contributed by atoms with van der Waals surface area (Å²) in [6.45, 7) is 0. The van der Waals surface area contributed by atoms with E-state index in [4.69, 9.17) is 13.9 Å². The molecular weight excluding hydrogens is 476 g/mol. The van der Waals surface area contributed by atoms with E-state index in [1.54, 1.807) is 0 Å². The lowest BCUT2D eigenvalue weighted by Gasteiger charge is -2.36. The van der Waals surface area contributed by atoms with Crippen molar-refractivity contribution in [1.82, 2.24) is 0 Å². The predicted molar refractivity (Wildman–Crippen MR) is 111 cm³/mol. The highest BCUT2D eigenvalue weighted by molar-refractivity contribution is 5.92. The summed E-state index contributed by atoms with van der Waals surface area (Å²) in [7, 11) is 0. The first-order valence-corrected chi connectivity index (χ1v) is 9.78. The number of aliphatic hydroxyl groups excluding tert-OH is 4. The maximum absolute atomic E-state index is 12.8. The Morgan fingerprint density at radius 2 is 1.51 bits per heavy atom. The van der Waals surface area contributed by atoms with Crippen LogP contribution in [0.1, 0.15) is 0 Å². The van der Waals surface area contributed by atoms with Gasteiger partial charge in [-0.25, -0.2) is 4.79 Å². The molecule has 3 aromatic rings. The number of aliphatic hydroxyl groups is 4. The van der Waals surface area contributed by atoms with Crippen molar-refractivity contribution in [2.24, 2.45) is 0 Å². The van der Waals surface area contributed by atoms with Crippen LogP contribution in [0.4, 0.5) is 0 Å². The van der Waals surface area contributed by atoms with E-state index in [2.05, 4.69) is 0 Å². The summed E-state index contributed by atoms with van der Waals surface area (Å²) in [5.41, 5.74) is -1.76. The molecule has 1 aliphatic heterocycles. The molecule has 2 aromatic carbocycles. The smallest absolute Gasteiger partial charge is 0.343 e. The van der Waals surface area contributed by atoms with Crippen LogP contribution in [-0.2, 0) is 9.53 Å². The van der Waals surface area contributed by atoms with E-state index in [1.807, 2.05) is 0 Å². The number of fused-ring (bicyclic) bond motifs is 1. The van der Waals surface area contributed by atoms with Crippen LogP contribution in [0.15, 0.2) is 33.5 Å². The van der Waals surface area contributed by atoms with Gasteiger partial charge in [-0.1, -0.05) is 0 Å². The van der Waals surface area contributed by atoms with Crippen LogP contribution in [0.3, 0.4) is 0 Å². The molecule has 0 radical (unpaired) electrons. The van der Waals surface area contributed by atoms with Crippen molar-refractivity contribution in [3.05, 3.63) is 34.5 Å². The Morgan fingerprint density at radius 3 is 2.17 bits per heavy atom. The molecule has 0 saturated carbocycles. The summed E-state index contributed by atoms with van der Waals surface area (Å²) in [4.78, 5) is 25.2. The molecule has 0 bridgehead atoms. The van der Waals surface area contributed by atoms with Gasteiger partial charge in [-0.05, 0) is 18.2 Å². The van der Waals surface area contributed by atoms with Gasteiger partial charge in [-0.15, -0.1) is 0 Å². The molecule has 14 heteroatoms. The number of phenols is 4. The zero-order valence-electron chi connectivity index (χ0n) is 17.3. The van der Waals surface area contributed by atoms with Crippen LogP contribution < -0.4 is 10.2 Å². The molecule has 4 rings (SSSR count). The molecule has 1 aromatic heterocycles. The summed E-state index contributed by atoms with van der Waals surface area (Å²) >= 11 is 0. The fourth-order valence-electron chi connectivity index (χ4n) is 3.47. The number of aromatic hydroxyl groups is 5. The van der Waals surface area contributed by atoms with E-state index < -0.39 is 93.3 Å². The predicted octanol–water partition coefficient (Wildman–Crippen LogP) is -1.31. The van der Waals surface area contributed by atoms with E-state index >= 15 is 0 Å². The molecular formula is C21H18O14. The standard InChI is InChI=1S/C21H18O14/c22-6-2-1-5(3-7(6)23)17-14(28)11(25)10-9(33-17)4-8(24)18(12(10)26)34-21(32)19-15(29)13(27)16(30)20(31)35-19/h1-4,13,15-16,19-20,22-24,26-31H. The van der Waals surface area contributed by atoms with Gasteiger partial charge in [0, 0.05) is 11.6 Å². The van der Waals surface area contributed by atoms with Gasteiger partial charge in [0.25, 0.3) is 0 Å². The summed E-state index contributed by atoms with van der Waals surface area (Å²) in [5.74, 6) is -7.22. The van der Waals surface area contributed by atoms with Crippen molar-refractivity contribution in [2.45, 2.75) is 30.7 Å². The SMILES string of the molecule is O=C(Oc1c(O)cc2oc(-c3ccc(O)c(O)c3)c(O)c(=O)c2c1O)C1OC(O)C(O)C(O)C1O. The summed E-state index contributed by atoms with van der Waals surface area (Å²) in [6.07, 6.45) is -10.1. The Hall–Kier alpha value is -4.08. The number of carbonyl (C=O) groups excluding carboxylic acids is 1. The fraction of sp³-hybridized carbons (Fsp3) is 0.238.